The van der Waals surface area contributed by atoms with E-state index in [0.717, 1.165) is 42.7 Å². The summed E-state index contributed by atoms with van der Waals surface area (Å²) in [5, 5.41) is 3.00. The molecule has 124 valence electrons. The van der Waals surface area contributed by atoms with E-state index in [1.54, 1.807) is 14.2 Å². The minimum atomic E-state index is -0.383. The van der Waals surface area contributed by atoms with Gasteiger partial charge in [-0.2, -0.15) is 0 Å². The quantitative estimate of drug-likeness (QED) is 0.840. The van der Waals surface area contributed by atoms with Crippen LogP contribution in [0.2, 0.25) is 0 Å². The number of ether oxygens (including phenoxy) is 2. The van der Waals surface area contributed by atoms with Crippen LogP contribution >= 0.6 is 12.4 Å². The normalized spacial score (nSPS) is 15.8. The molecule has 0 unspecified atom stereocenters. The Morgan fingerprint density at radius 2 is 1.95 bits per heavy atom. The van der Waals surface area contributed by atoms with Gasteiger partial charge in [0.1, 0.15) is 11.5 Å². The fraction of sp³-hybridized carbons (Fsp3) is 0.562. The number of carbonyl (C=O) groups excluding carboxylic acids is 1. The molecule has 22 heavy (non-hydrogen) atoms. The molecule has 0 aromatic heterocycles. The monoisotopic (exact) mass is 328 g/mol. The predicted octanol–water partition coefficient (Wildman–Crippen LogP) is 2.26. The highest BCUT2D eigenvalue weighted by atomic mass is 35.5. The number of rotatable bonds is 6. The van der Waals surface area contributed by atoms with Crippen molar-refractivity contribution in [1.29, 1.82) is 0 Å². The number of carbonyl (C=O) groups is 1. The van der Waals surface area contributed by atoms with Gasteiger partial charge in [-0.25, -0.2) is 0 Å². The first-order valence-electron chi connectivity index (χ1n) is 7.34. The first-order valence-corrected chi connectivity index (χ1v) is 7.34. The van der Waals surface area contributed by atoms with Gasteiger partial charge in [0, 0.05) is 18.7 Å². The zero-order valence-electron chi connectivity index (χ0n) is 13.2. The lowest BCUT2D eigenvalue weighted by molar-refractivity contribution is -0.130. The SMILES string of the molecule is COc1ccc(OC)c(CNC(=O)C2(CN)CCCC2)c1.Cl. The summed E-state index contributed by atoms with van der Waals surface area (Å²) in [6, 6.07) is 5.56. The highest BCUT2D eigenvalue weighted by Crippen LogP contribution is 2.37. The lowest BCUT2D eigenvalue weighted by Crippen LogP contribution is -2.43. The number of benzene rings is 1. The van der Waals surface area contributed by atoms with Crippen molar-refractivity contribution in [2.45, 2.75) is 32.2 Å². The second-order valence-corrected chi connectivity index (χ2v) is 5.55. The number of hydrogen-bond acceptors (Lipinski definition) is 4. The number of nitrogens with two attached hydrogens (primary N) is 1. The standard InChI is InChI=1S/C16H24N2O3.ClH/c1-20-13-5-6-14(21-2)12(9-13)10-18-15(19)16(11-17)7-3-4-8-16;/h5-6,9H,3-4,7-8,10-11,17H2,1-2H3,(H,18,19);1H. The van der Waals surface area contributed by atoms with Crippen LogP contribution in [0.3, 0.4) is 0 Å². The summed E-state index contributed by atoms with van der Waals surface area (Å²) in [6.45, 7) is 0.828. The van der Waals surface area contributed by atoms with Crippen molar-refractivity contribution in [2.75, 3.05) is 20.8 Å². The first kappa shape index (κ1) is 18.6. The minimum absolute atomic E-state index is 0. The van der Waals surface area contributed by atoms with E-state index in [0.29, 0.717) is 13.1 Å². The summed E-state index contributed by atoms with van der Waals surface area (Å²) < 4.78 is 10.5. The molecule has 1 aromatic carbocycles. The summed E-state index contributed by atoms with van der Waals surface area (Å²) in [5.41, 5.74) is 6.35. The van der Waals surface area contributed by atoms with Gasteiger partial charge < -0.3 is 20.5 Å². The number of nitrogens with one attached hydrogen (secondary N) is 1. The van der Waals surface area contributed by atoms with Crippen molar-refractivity contribution in [3.63, 3.8) is 0 Å². The third kappa shape index (κ3) is 3.84. The van der Waals surface area contributed by atoms with Gasteiger partial charge in [0.05, 0.1) is 19.6 Å². The van der Waals surface area contributed by atoms with E-state index in [9.17, 15) is 4.79 Å². The van der Waals surface area contributed by atoms with E-state index in [2.05, 4.69) is 5.32 Å². The van der Waals surface area contributed by atoms with E-state index in [-0.39, 0.29) is 23.7 Å². The van der Waals surface area contributed by atoms with Crippen LogP contribution in [-0.2, 0) is 11.3 Å². The molecule has 1 aliphatic rings. The molecule has 6 heteroatoms. The molecule has 1 amide bonds. The first-order chi connectivity index (χ1) is 10.1. The summed E-state index contributed by atoms with van der Waals surface area (Å²) in [4.78, 5) is 12.5. The van der Waals surface area contributed by atoms with Gasteiger partial charge in [-0.05, 0) is 31.0 Å². The third-order valence-electron chi connectivity index (χ3n) is 4.36. The molecule has 0 aliphatic heterocycles. The fourth-order valence-corrected chi connectivity index (χ4v) is 2.96. The Morgan fingerprint density at radius 1 is 1.27 bits per heavy atom. The molecule has 0 radical (unpaired) electrons. The zero-order chi connectivity index (χ0) is 15.3. The maximum atomic E-state index is 12.5. The second-order valence-electron chi connectivity index (χ2n) is 5.55. The van der Waals surface area contributed by atoms with Crippen molar-refractivity contribution in [2.24, 2.45) is 11.1 Å². The highest BCUT2D eigenvalue weighted by molar-refractivity contribution is 5.85. The van der Waals surface area contributed by atoms with Crippen LogP contribution in [0.15, 0.2) is 18.2 Å². The maximum absolute atomic E-state index is 12.5. The Kier molecular flexibility index (Phi) is 6.97. The summed E-state index contributed by atoms with van der Waals surface area (Å²) in [6.07, 6.45) is 3.91. The van der Waals surface area contributed by atoms with Gasteiger partial charge in [0.15, 0.2) is 0 Å². The maximum Gasteiger partial charge on any atom is 0.227 e. The highest BCUT2D eigenvalue weighted by Gasteiger charge is 2.39. The van der Waals surface area contributed by atoms with Gasteiger partial charge in [-0.3, -0.25) is 4.79 Å². The van der Waals surface area contributed by atoms with Gasteiger partial charge in [-0.1, -0.05) is 12.8 Å². The smallest absolute Gasteiger partial charge is 0.227 e. The molecule has 3 N–H and O–H groups in total. The molecule has 0 atom stereocenters. The molecule has 0 bridgehead atoms. The molecule has 5 nitrogen and oxygen atoms in total. The van der Waals surface area contributed by atoms with Crippen LogP contribution in [0.4, 0.5) is 0 Å². The summed E-state index contributed by atoms with van der Waals surface area (Å²) in [7, 11) is 3.23. The molecule has 1 saturated carbocycles. The van der Waals surface area contributed by atoms with Gasteiger partial charge in [0.25, 0.3) is 0 Å². The van der Waals surface area contributed by atoms with Crippen molar-refractivity contribution in [1.82, 2.24) is 5.32 Å². The zero-order valence-corrected chi connectivity index (χ0v) is 14.0. The van der Waals surface area contributed by atoms with E-state index in [4.69, 9.17) is 15.2 Å². The van der Waals surface area contributed by atoms with Crippen LogP contribution in [0.5, 0.6) is 11.5 Å². The van der Waals surface area contributed by atoms with Crippen molar-refractivity contribution in [3.8, 4) is 11.5 Å². The van der Waals surface area contributed by atoms with E-state index < -0.39 is 0 Å². The van der Waals surface area contributed by atoms with Crippen LogP contribution in [0, 0.1) is 5.41 Å². The van der Waals surface area contributed by atoms with Gasteiger partial charge in [0.2, 0.25) is 5.91 Å². The molecule has 2 rings (SSSR count). The van der Waals surface area contributed by atoms with Crippen LogP contribution in [0.1, 0.15) is 31.2 Å². The molecule has 0 spiro atoms. The van der Waals surface area contributed by atoms with Crippen LogP contribution in [-0.4, -0.2) is 26.7 Å². The fourth-order valence-electron chi connectivity index (χ4n) is 2.96. The van der Waals surface area contributed by atoms with Crippen molar-refractivity contribution < 1.29 is 14.3 Å². The number of hydrogen-bond donors (Lipinski definition) is 2. The molecular weight excluding hydrogens is 304 g/mol. The largest absolute Gasteiger partial charge is 0.497 e. The number of halogens is 1. The Morgan fingerprint density at radius 3 is 2.50 bits per heavy atom. The lowest BCUT2D eigenvalue weighted by Gasteiger charge is -2.26. The molecule has 1 aliphatic carbocycles. The average Bonchev–Trinajstić information content (AvgIpc) is 3.02. The molecule has 0 saturated heterocycles. The van der Waals surface area contributed by atoms with Crippen molar-refractivity contribution in [3.05, 3.63) is 23.8 Å². The third-order valence-corrected chi connectivity index (χ3v) is 4.36. The van der Waals surface area contributed by atoms with Gasteiger partial charge >= 0.3 is 0 Å². The second kappa shape index (κ2) is 8.25. The van der Waals surface area contributed by atoms with Crippen molar-refractivity contribution >= 4 is 18.3 Å². The Balaban J connectivity index is 0.00000242. The molecular formula is C16H25ClN2O3. The average molecular weight is 329 g/mol. The minimum Gasteiger partial charge on any atom is -0.497 e. The van der Waals surface area contributed by atoms with E-state index >= 15 is 0 Å². The lowest BCUT2D eigenvalue weighted by atomic mass is 9.85. The number of methoxy groups -OCH3 is 2. The Hall–Kier alpha value is -1.46. The molecule has 0 heterocycles. The predicted molar refractivity (Wildman–Crippen MR) is 88.6 cm³/mol. The summed E-state index contributed by atoms with van der Waals surface area (Å²) in [5.74, 6) is 1.53. The van der Waals surface area contributed by atoms with E-state index in [1.807, 2.05) is 18.2 Å². The topological polar surface area (TPSA) is 73.6 Å². The molecule has 1 fully saturated rings. The summed E-state index contributed by atoms with van der Waals surface area (Å²) >= 11 is 0. The van der Waals surface area contributed by atoms with Gasteiger partial charge in [-0.15, -0.1) is 12.4 Å². The Bertz CT molecular complexity index is 502. The molecule has 1 aromatic rings. The van der Waals surface area contributed by atoms with Crippen LogP contribution in [0.25, 0.3) is 0 Å². The Labute approximate surface area is 138 Å². The van der Waals surface area contributed by atoms with E-state index in [1.165, 1.54) is 0 Å². The number of amides is 1. The van der Waals surface area contributed by atoms with Crippen LogP contribution < -0.4 is 20.5 Å².